The number of allylic oxidation sites excluding steroid dienone is 1. The molecule has 1 heterocycles. The first-order valence-electron chi connectivity index (χ1n) is 5.23. The second-order valence-corrected chi connectivity index (χ2v) is 4.46. The van der Waals surface area contributed by atoms with Gasteiger partial charge in [-0.3, -0.25) is 4.79 Å². The highest BCUT2D eigenvalue weighted by Crippen LogP contribution is 2.12. The van der Waals surface area contributed by atoms with Crippen LogP contribution in [0.5, 0.6) is 0 Å². The van der Waals surface area contributed by atoms with Crippen molar-refractivity contribution >= 4 is 23.4 Å². The molecule has 0 amide bonds. The Kier molecular flexibility index (Phi) is 3.44. The van der Waals surface area contributed by atoms with E-state index in [1.165, 1.54) is 11.5 Å². The van der Waals surface area contributed by atoms with Gasteiger partial charge in [0, 0.05) is 10.9 Å². The van der Waals surface area contributed by atoms with Crippen LogP contribution in [-0.4, -0.2) is 15.4 Å². The number of hydrogen-bond acceptors (Lipinski definition) is 4. The van der Waals surface area contributed by atoms with Crippen LogP contribution in [0.25, 0.3) is 6.08 Å². The molecule has 0 aliphatic carbocycles. The van der Waals surface area contributed by atoms with Crippen molar-refractivity contribution in [3.63, 3.8) is 0 Å². The minimum atomic E-state index is -0.000741. The molecule has 1 aromatic heterocycles. The summed E-state index contributed by atoms with van der Waals surface area (Å²) in [7, 11) is 0. The Bertz CT molecular complexity index is 559. The molecule has 3 nitrogen and oxygen atoms in total. The molecular weight excluding hydrogens is 232 g/mol. The number of nitrogens with zero attached hydrogens (tertiary/aromatic N) is 2. The van der Waals surface area contributed by atoms with Crippen molar-refractivity contribution < 1.29 is 4.79 Å². The topological polar surface area (TPSA) is 42.9 Å². The Morgan fingerprint density at radius 3 is 2.88 bits per heavy atom. The van der Waals surface area contributed by atoms with Crippen LogP contribution < -0.4 is 0 Å². The molecule has 0 aliphatic heterocycles. The molecule has 0 aliphatic rings. The van der Waals surface area contributed by atoms with E-state index in [4.69, 9.17) is 0 Å². The Balaban J connectivity index is 2.23. The largest absolute Gasteiger partial charge is 0.289 e. The molecule has 0 spiro atoms. The van der Waals surface area contributed by atoms with Gasteiger partial charge in [-0.2, -0.15) is 0 Å². The van der Waals surface area contributed by atoms with E-state index in [-0.39, 0.29) is 5.78 Å². The van der Waals surface area contributed by atoms with E-state index in [1.807, 2.05) is 32.0 Å². The number of carbonyl (C=O) groups excluding carboxylic acids is 1. The third kappa shape index (κ3) is 2.85. The average Bonchev–Trinajstić information content (AvgIpc) is 2.82. The summed E-state index contributed by atoms with van der Waals surface area (Å²) in [6.45, 7) is 3.91. The molecule has 0 N–H and O–H groups in total. The van der Waals surface area contributed by atoms with Gasteiger partial charge in [0.15, 0.2) is 5.78 Å². The van der Waals surface area contributed by atoms with Crippen LogP contribution in [0.3, 0.4) is 0 Å². The summed E-state index contributed by atoms with van der Waals surface area (Å²) >= 11 is 1.27. The molecule has 2 rings (SSSR count). The molecule has 0 atom stereocenters. The summed E-state index contributed by atoms with van der Waals surface area (Å²) in [5.74, 6) is -0.000741. The highest BCUT2D eigenvalue weighted by Gasteiger charge is 2.05. The Morgan fingerprint density at radius 2 is 2.18 bits per heavy atom. The van der Waals surface area contributed by atoms with E-state index in [2.05, 4.69) is 9.59 Å². The van der Waals surface area contributed by atoms with Gasteiger partial charge in [-0.1, -0.05) is 22.2 Å². The van der Waals surface area contributed by atoms with Gasteiger partial charge in [0.2, 0.25) is 0 Å². The van der Waals surface area contributed by atoms with Gasteiger partial charge < -0.3 is 0 Å². The number of aromatic nitrogens is 2. The fraction of sp³-hybridized carbons (Fsp3) is 0.154. The molecule has 0 saturated carbocycles. The summed E-state index contributed by atoms with van der Waals surface area (Å²) in [5, 5.41) is 5.65. The molecule has 2 aromatic rings. The maximum Gasteiger partial charge on any atom is 0.186 e. The lowest BCUT2D eigenvalue weighted by Gasteiger charge is -2.02. The highest BCUT2D eigenvalue weighted by atomic mass is 32.1. The first-order chi connectivity index (χ1) is 8.16. The van der Waals surface area contributed by atoms with Gasteiger partial charge >= 0.3 is 0 Å². The van der Waals surface area contributed by atoms with Gasteiger partial charge in [0.05, 0.1) is 5.69 Å². The summed E-state index contributed by atoms with van der Waals surface area (Å²) in [5.41, 5.74) is 3.53. The van der Waals surface area contributed by atoms with Crippen LogP contribution >= 0.6 is 11.5 Å². The zero-order chi connectivity index (χ0) is 12.3. The lowest BCUT2D eigenvalue weighted by atomic mass is 10.0. The highest BCUT2D eigenvalue weighted by molar-refractivity contribution is 7.03. The summed E-state index contributed by atoms with van der Waals surface area (Å²) in [6.07, 6.45) is 3.23. The predicted molar refractivity (Wildman–Crippen MR) is 69.2 cm³/mol. The SMILES string of the molecule is Cc1ccc(C)c(C(=O)/C=C/c2csnn2)c1. The van der Waals surface area contributed by atoms with E-state index in [1.54, 1.807) is 17.5 Å². The predicted octanol–water partition coefficient (Wildman–Crippen LogP) is 3.05. The van der Waals surface area contributed by atoms with Crippen molar-refractivity contribution in [2.24, 2.45) is 0 Å². The van der Waals surface area contributed by atoms with E-state index in [0.717, 1.165) is 16.7 Å². The number of aryl methyl sites for hydroxylation is 2. The number of rotatable bonds is 3. The van der Waals surface area contributed by atoms with Crippen molar-refractivity contribution in [2.75, 3.05) is 0 Å². The summed E-state index contributed by atoms with van der Waals surface area (Å²) in [4.78, 5) is 12.0. The normalized spacial score (nSPS) is 10.9. The zero-order valence-corrected chi connectivity index (χ0v) is 10.5. The van der Waals surface area contributed by atoms with Gasteiger partial charge in [0.1, 0.15) is 0 Å². The molecule has 0 fully saturated rings. The molecule has 0 bridgehead atoms. The molecule has 4 heteroatoms. The van der Waals surface area contributed by atoms with Gasteiger partial charge in [-0.25, -0.2) is 0 Å². The third-order valence-electron chi connectivity index (χ3n) is 2.44. The van der Waals surface area contributed by atoms with Crippen LogP contribution in [0.2, 0.25) is 0 Å². The maximum atomic E-state index is 12.0. The lowest BCUT2D eigenvalue weighted by molar-refractivity contribution is 0.104. The summed E-state index contributed by atoms with van der Waals surface area (Å²) < 4.78 is 3.73. The van der Waals surface area contributed by atoms with Crippen LogP contribution in [0, 0.1) is 13.8 Å². The van der Waals surface area contributed by atoms with E-state index in [9.17, 15) is 4.79 Å². The van der Waals surface area contributed by atoms with Crippen LogP contribution in [0.4, 0.5) is 0 Å². The Hall–Kier alpha value is -1.81. The fourth-order valence-corrected chi connectivity index (χ4v) is 1.92. The first kappa shape index (κ1) is 11.7. The van der Waals surface area contributed by atoms with Crippen LogP contribution in [0.15, 0.2) is 29.7 Å². The molecule has 0 radical (unpaired) electrons. The molecule has 17 heavy (non-hydrogen) atoms. The molecular formula is C13H12N2OS. The summed E-state index contributed by atoms with van der Waals surface area (Å²) in [6, 6.07) is 5.86. The maximum absolute atomic E-state index is 12.0. The average molecular weight is 244 g/mol. The van der Waals surface area contributed by atoms with Gasteiger partial charge in [-0.05, 0) is 49.2 Å². The van der Waals surface area contributed by atoms with Crippen molar-refractivity contribution in [1.82, 2.24) is 9.59 Å². The quantitative estimate of drug-likeness (QED) is 0.615. The van der Waals surface area contributed by atoms with Crippen LogP contribution in [0.1, 0.15) is 27.2 Å². The standard InChI is InChI=1S/C13H12N2OS/c1-9-3-4-10(2)12(7-9)13(16)6-5-11-8-17-15-14-11/h3-8H,1-2H3/b6-5+. The van der Waals surface area contributed by atoms with Gasteiger partial charge in [0.25, 0.3) is 0 Å². The van der Waals surface area contributed by atoms with Crippen molar-refractivity contribution in [3.8, 4) is 0 Å². The zero-order valence-electron chi connectivity index (χ0n) is 9.68. The van der Waals surface area contributed by atoms with Gasteiger partial charge in [-0.15, -0.1) is 5.10 Å². The number of hydrogen-bond donors (Lipinski definition) is 0. The molecule has 1 aromatic carbocycles. The first-order valence-corrected chi connectivity index (χ1v) is 6.07. The molecule has 86 valence electrons. The third-order valence-corrected chi connectivity index (χ3v) is 2.96. The number of carbonyl (C=O) groups is 1. The Labute approximate surface area is 104 Å². The second kappa shape index (κ2) is 5.01. The van der Waals surface area contributed by atoms with E-state index >= 15 is 0 Å². The minimum Gasteiger partial charge on any atom is -0.289 e. The minimum absolute atomic E-state index is 0.000741. The van der Waals surface area contributed by atoms with Crippen molar-refractivity contribution in [1.29, 1.82) is 0 Å². The smallest absolute Gasteiger partial charge is 0.186 e. The van der Waals surface area contributed by atoms with E-state index in [0.29, 0.717) is 5.69 Å². The van der Waals surface area contributed by atoms with Crippen LogP contribution in [-0.2, 0) is 0 Å². The lowest BCUT2D eigenvalue weighted by Crippen LogP contribution is -1.98. The van der Waals surface area contributed by atoms with E-state index < -0.39 is 0 Å². The second-order valence-electron chi connectivity index (χ2n) is 3.85. The van der Waals surface area contributed by atoms with Crippen molar-refractivity contribution in [2.45, 2.75) is 13.8 Å². The number of benzene rings is 1. The monoisotopic (exact) mass is 244 g/mol. The van der Waals surface area contributed by atoms with Crippen molar-refractivity contribution in [3.05, 3.63) is 52.0 Å². The fourth-order valence-electron chi connectivity index (χ4n) is 1.50. The Morgan fingerprint density at radius 1 is 1.35 bits per heavy atom. The molecule has 0 saturated heterocycles. The number of ketones is 1. The molecule has 0 unspecified atom stereocenters.